The fraction of sp³-hybridized carbons (Fsp3) is 0.632. The maximum atomic E-state index is 12.4. The smallest absolute Gasteiger partial charge is 0.137 e. The highest BCUT2D eigenvalue weighted by Crippen LogP contribution is 2.57. The standard InChI is InChI=1S/C19H24O/c20-18(11-13-4-2-1-3-5-13)12-19-16-7-14-6-15(9-16)10-17(19)8-14/h1-5,14-17,19H,6-12H2. The molecule has 4 fully saturated rings. The zero-order chi connectivity index (χ0) is 13.5. The van der Waals surface area contributed by atoms with Crippen LogP contribution in [0.2, 0.25) is 0 Å². The first-order valence-corrected chi connectivity index (χ1v) is 8.33. The molecule has 1 nitrogen and oxygen atoms in total. The Morgan fingerprint density at radius 1 is 0.900 bits per heavy atom. The fourth-order valence-electron chi connectivity index (χ4n) is 5.53. The van der Waals surface area contributed by atoms with Crippen LogP contribution in [0.3, 0.4) is 0 Å². The molecule has 1 heteroatoms. The highest BCUT2D eigenvalue weighted by atomic mass is 16.1. The van der Waals surface area contributed by atoms with Gasteiger partial charge >= 0.3 is 0 Å². The van der Waals surface area contributed by atoms with Crippen molar-refractivity contribution in [3.63, 3.8) is 0 Å². The number of rotatable bonds is 4. The van der Waals surface area contributed by atoms with E-state index in [0.717, 1.165) is 36.0 Å². The Balaban J connectivity index is 1.40. The number of Topliss-reactive ketones (excluding diaryl/α,β-unsaturated/α-hetero) is 1. The molecule has 4 bridgehead atoms. The Hall–Kier alpha value is -1.11. The average molecular weight is 268 g/mol. The number of benzene rings is 1. The second kappa shape index (κ2) is 5.02. The Morgan fingerprint density at radius 2 is 1.50 bits per heavy atom. The van der Waals surface area contributed by atoms with Gasteiger partial charge in [0.25, 0.3) is 0 Å². The van der Waals surface area contributed by atoms with Crippen LogP contribution in [0.5, 0.6) is 0 Å². The van der Waals surface area contributed by atoms with Crippen LogP contribution in [-0.4, -0.2) is 5.78 Å². The topological polar surface area (TPSA) is 17.1 Å². The lowest BCUT2D eigenvalue weighted by Crippen LogP contribution is -2.45. The highest BCUT2D eigenvalue weighted by molar-refractivity contribution is 5.81. The van der Waals surface area contributed by atoms with Crippen LogP contribution in [0.1, 0.15) is 44.1 Å². The van der Waals surface area contributed by atoms with Gasteiger partial charge < -0.3 is 0 Å². The molecule has 0 aliphatic heterocycles. The summed E-state index contributed by atoms with van der Waals surface area (Å²) in [7, 11) is 0. The minimum absolute atomic E-state index is 0.466. The minimum atomic E-state index is 0.466. The van der Waals surface area contributed by atoms with Crippen molar-refractivity contribution in [2.24, 2.45) is 29.6 Å². The molecular weight excluding hydrogens is 244 g/mol. The second-order valence-electron chi connectivity index (χ2n) is 7.50. The van der Waals surface area contributed by atoms with Gasteiger partial charge in [-0.05, 0) is 67.3 Å². The molecule has 0 heterocycles. The van der Waals surface area contributed by atoms with Crippen LogP contribution < -0.4 is 0 Å². The van der Waals surface area contributed by atoms with Gasteiger partial charge in [-0.3, -0.25) is 4.79 Å². The number of carbonyl (C=O) groups is 1. The van der Waals surface area contributed by atoms with Crippen molar-refractivity contribution < 1.29 is 4.79 Å². The van der Waals surface area contributed by atoms with E-state index < -0.39 is 0 Å². The first kappa shape index (κ1) is 12.6. The van der Waals surface area contributed by atoms with Crippen molar-refractivity contribution in [2.45, 2.75) is 44.9 Å². The van der Waals surface area contributed by atoms with E-state index >= 15 is 0 Å². The SMILES string of the molecule is O=C(Cc1ccccc1)CC1C2CC3CC(C2)CC1C3. The second-order valence-corrected chi connectivity index (χ2v) is 7.50. The van der Waals surface area contributed by atoms with E-state index in [0.29, 0.717) is 12.2 Å². The van der Waals surface area contributed by atoms with Crippen LogP contribution >= 0.6 is 0 Å². The van der Waals surface area contributed by atoms with Crippen molar-refractivity contribution in [3.8, 4) is 0 Å². The van der Waals surface area contributed by atoms with Crippen molar-refractivity contribution in [2.75, 3.05) is 0 Å². The number of hydrogen-bond acceptors (Lipinski definition) is 1. The first-order valence-electron chi connectivity index (χ1n) is 8.33. The summed E-state index contributed by atoms with van der Waals surface area (Å²) < 4.78 is 0. The summed E-state index contributed by atoms with van der Waals surface area (Å²) >= 11 is 0. The van der Waals surface area contributed by atoms with Gasteiger partial charge in [-0.2, -0.15) is 0 Å². The number of ketones is 1. The lowest BCUT2D eigenvalue weighted by molar-refractivity contribution is -0.123. The molecule has 0 amide bonds. The quantitative estimate of drug-likeness (QED) is 0.797. The number of carbonyl (C=O) groups excluding carboxylic acids is 1. The van der Waals surface area contributed by atoms with Crippen LogP contribution in [0.4, 0.5) is 0 Å². The summed E-state index contributed by atoms with van der Waals surface area (Å²) in [6.07, 6.45) is 8.70. The van der Waals surface area contributed by atoms with E-state index in [1.807, 2.05) is 18.2 Å². The molecule has 4 saturated carbocycles. The maximum absolute atomic E-state index is 12.4. The third-order valence-corrected chi connectivity index (χ3v) is 6.13. The Labute approximate surface area is 121 Å². The Morgan fingerprint density at radius 3 is 2.10 bits per heavy atom. The van der Waals surface area contributed by atoms with Crippen molar-refractivity contribution in [1.82, 2.24) is 0 Å². The summed E-state index contributed by atoms with van der Waals surface area (Å²) in [6.45, 7) is 0. The molecule has 0 N–H and O–H groups in total. The third kappa shape index (κ3) is 2.32. The lowest BCUT2D eigenvalue weighted by atomic mass is 9.51. The maximum Gasteiger partial charge on any atom is 0.137 e. The molecule has 0 unspecified atom stereocenters. The summed E-state index contributed by atoms with van der Waals surface area (Å²) in [5.74, 6) is 4.97. The zero-order valence-electron chi connectivity index (χ0n) is 12.1. The van der Waals surface area contributed by atoms with Gasteiger partial charge in [0.05, 0.1) is 0 Å². The Bertz CT molecular complexity index is 462. The largest absolute Gasteiger partial charge is 0.299 e. The zero-order valence-corrected chi connectivity index (χ0v) is 12.1. The van der Waals surface area contributed by atoms with E-state index in [1.165, 1.54) is 37.7 Å². The van der Waals surface area contributed by atoms with E-state index in [2.05, 4.69) is 12.1 Å². The molecule has 0 radical (unpaired) electrons. The Kier molecular flexibility index (Phi) is 3.17. The van der Waals surface area contributed by atoms with Gasteiger partial charge in [-0.25, -0.2) is 0 Å². The van der Waals surface area contributed by atoms with E-state index in [9.17, 15) is 4.79 Å². The van der Waals surface area contributed by atoms with Gasteiger partial charge in [-0.15, -0.1) is 0 Å². The molecule has 0 saturated heterocycles. The van der Waals surface area contributed by atoms with Crippen LogP contribution in [0.25, 0.3) is 0 Å². The summed E-state index contributed by atoms with van der Waals surface area (Å²) in [5, 5.41) is 0. The molecule has 1 aromatic carbocycles. The molecule has 0 atom stereocenters. The fourth-order valence-corrected chi connectivity index (χ4v) is 5.53. The van der Waals surface area contributed by atoms with E-state index in [4.69, 9.17) is 0 Å². The average Bonchev–Trinajstić information content (AvgIpc) is 2.43. The summed E-state index contributed by atoms with van der Waals surface area (Å²) in [4.78, 5) is 12.4. The molecule has 4 aliphatic carbocycles. The lowest BCUT2D eigenvalue weighted by Gasteiger charge is -2.54. The number of hydrogen-bond donors (Lipinski definition) is 0. The molecule has 0 aromatic heterocycles. The van der Waals surface area contributed by atoms with Gasteiger partial charge in [-0.1, -0.05) is 30.3 Å². The molecule has 4 aliphatic rings. The van der Waals surface area contributed by atoms with E-state index in [1.54, 1.807) is 0 Å². The van der Waals surface area contributed by atoms with Crippen LogP contribution in [-0.2, 0) is 11.2 Å². The summed E-state index contributed by atoms with van der Waals surface area (Å²) in [6, 6.07) is 10.2. The van der Waals surface area contributed by atoms with Crippen molar-refractivity contribution in [1.29, 1.82) is 0 Å². The molecule has 1 aromatic rings. The molecular formula is C19H24O. The normalized spacial score (nSPS) is 38.1. The van der Waals surface area contributed by atoms with E-state index in [-0.39, 0.29) is 0 Å². The highest BCUT2D eigenvalue weighted by Gasteiger charge is 2.48. The van der Waals surface area contributed by atoms with Crippen LogP contribution in [0, 0.1) is 29.6 Å². The predicted molar refractivity (Wildman–Crippen MR) is 80.3 cm³/mol. The van der Waals surface area contributed by atoms with Gasteiger partial charge in [0, 0.05) is 12.8 Å². The van der Waals surface area contributed by atoms with Gasteiger partial charge in [0.1, 0.15) is 5.78 Å². The molecule has 5 rings (SSSR count). The molecule has 106 valence electrons. The van der Waals surface area contributed by atoms with Gasteiger partial charge in [0.2, 0.25) is 0 Å². The first-order chi connectivity index (χ1) is 9.78. The van der Waals surface area contributed by atoms with Crippen LogP contribution in [0.15, 0.2) is 30.3 Å². The monoisotopic (exact) mass is 268 g/mol. The summed E-state index contributed by atoms with van der Waals surface area (Å²) in [5.41, 5.74) is 1.18. The minimum Gasteiger partial charge on any atom is -0.299 e. The third-order valence-electron chi connectivity index (χ3n) is 6.13. The molecule has 0 spiro atoms. The van der Waals surface area contributed by atoms with Gasteiger partial charge in [0.15, 0.2) is 0 Å². The predicted octanol–water partition coefficient (Wildman–Crippen LogP) is 4.26. The van der Waals surface area contributed by atoms with Crippen molar-refractivity contribution in [3.05, 3.63) is 35.9 Å². The molecule has 20 heavy (non-hydrogen) atoms. The van der Waals surface area contributed by atoms with Crippen molar-refractivity contribution >= 4 is 5.78 Å².